The Morgan fingerprint density at radius 3 is 2.46 bits per heavy atom. The van der Waals surface area contributed by atoms with Gasteiger partial charge in [-0.1, -0.05) is 44.2 Å². The summed E-state index contributed by atoms with van der Waals surface area (Å²) in [7, 11) is 0. The molecule has 1 aliphatic rings. The van der Waals surface area contributed by atoms with Crippen LogP contribution in [0.25, 0.3) is 5.76 Å². The number of ether oxygens (including phenoxy) is 1. The number of likely N-dealkylation sites (tertiary alicyclic amines) is 1. The minimum absolute atomic E-state index is 0.0831. The summed E-state index contributed by atoms with van der Waals surface area (Å²) < 4.78 is 5.61. The van der Waals surface area contributed by atoms with Crippen LogP contribution in [0.15, 0.2) is 72.6 Å². The molecule has 0 spiro atoms. The third-order valence-electron chi connectivity index (χ3n) is 6.28. The second-order valence-electron chi connectivity index (χ2n) is 9.02. The van der Waals surface area contributed by atoms with Crippen molar-refractivity contribution in [2.75, 3.05) is 6.61 Å². The van der Waals surface area contributed by atoms with Crippen LogP contribution in [-0.4, -0.2) is 33.3 Å². The van der Waals surface area contributed by atoms with Gasteiger partial charge < -0.3 is 14.7 Å². The monoisotopic (exact) mass is 470 g/mol. The lowest BCUT2D eigenvalue weighted by molar-refractivity contribution is -0.140. The Hall–Kier alpha value is -3.93. The van der Waals surface area contributed by atoms with E-state index in [9.17, 15) is 14.7 Å². The van der Waals surface area contributed by atoms with Gasteiger partial charge in [0.2, 0.25) is 0 Å². The minimum Gasteiger partial charge on any atom is -0.507 e. The number of aliphatic hydroxyl groups is 1. The van der Waals surface area contributed by atoms with Gasteiger partial charge in [-0.05, 0) is 66.3 Å². The van der Waals surface area contributed by atoms with E-state index in [1.54, 1.807) is 36.7 Å². The molecule has 0 saturated carbocycles. The topological polar surface area (TPSA) is 79.7 Å². The van der Waals surface area contributed by atoms with Gasteiger partial charge in [0, 0.05) is 24.5 Å². The lowest BCUT2D eigenvalue weighted by Gasteiger charge is -2.25. The quantitative estimate of drug-likeness (QED) is 0.279. The Bertz CT molecular complexity index is 1260. The van der Waals surface area contributed by atoms with E-state index in [0.29, 0.717) is 23.8 Å². The molecule has 6 heteroatoms. The molecule has 3 aromatic rings. The van der Waals surface area contributed by atoms with Crippen LogP contribution in [0.3, 0.4) is 0 Å². The van der Waals surface area contributed by atoms with Crippen LogP contribution in [0.1, 0.15) is 60.5 Å². The third kappa shape index (κ3) is 4.83. The van der Waals surface area contributed by atoms with Gasteiger partial charge in [0.15, 0.2) is 0 Å². The number of carbonyl (C=O) groups excluding carboxylic acids is 2. The lowest BCUT2D eigenvalue weighted by atomic mass is 9.93. The van der Waals surface area contributed by atoms with Crippen molar-refractivity contribution in [2.45, 2.75) is 46.2 Å². The van der Waals surface area contributed by atoms with E-state index in [-0.39, 0.29) is 17.9 Å². The summed E-state index contributed by atoms with van der Waals surface area (Å²) in [6, 6.07) is 16.1. The molecule has 1 fully saturated rings. The smallest absolute Gasteiger partial charge is 0.295 e. The van der Waals surface area contributed by atoms with E-state index in [2.05, 4.69) is 18.8 Å². The zero-order valence-electron chi connectivity index (χ0n) is 20.5. The molecule has 180 valence electrons. The van der Waals surface area contributed by atoms with Crippen molar-refractivity contribution in [3.05, 3.63) is 100 Å². The summed E-state index contributed by atoms with van der Waals surface area (Å²) in [6.07, 6.45) is 3.34. The standard InChI is InChI=1S/C29H30N2O4/c1-5-35-24-13-12-23(15-19(24)4)27(32)25-26(22-10-8-21(9-11-22)18(2)3)31(29(34)28(25)33)17-20-7-6-14-30-16-20/h6-16,18,26,32H,5,17H2,1-4H3. The van der Waals surface area contributed by atoms with Gasteiger partial charge >= 0.3 is 0 Å². The summed E-state index contributed by atoms with van der Waals surface area (Å²) in [4.78, 5) is 32.1. The van der Waals surface area contributed by atoms with Crippen LogP contribution < -0.4 is 4.74 Å². The van der Waals surface area contributed by atoms with Crippen molar-refractivity contribution in [2.24, 2.45) is 0 Å². The summed E-state index contributed by atoms with van der Waals surface area (Å²) >= 11 is 0. The maximum absolute atomic E-state index is 13.3. The second-order valence-corrected chi connectivity index (χ2v) is 9.02. The zero-order valence-corrected chi connectivity index (χ0v) is 20.5. The van der Waals surface area contributed by atoms with E-state index in [1.165, 1.54) is 4.90 Å². The molecule has 35 heavy (non-hydrogen) atoms. The number of aromatic nitrogens is 1. The Morgan fingerprint density at radius 1 is 1.11 bits per heavy atom. The SMILES string of the molecule is CCOc1ccc(C(O)=C2C(=O)C(=O)N(Cc3cccnc3)C2c2ccc(C(C)C)cc2)cc1C. The Kier molecular flexibility index (Phi) is 7.01. The number of aliphatic hydroxyl groups excluding tert-OH is 1. The Labute approximate surface area is 205 Å². The van der Waals surface area contributed by atoms with Gasteiger partial charge in [-0.25, -0.2) is 0 Å². The molecule has 0 bridgehead atoms. The van der Waals surface area contributed by atoms with Crippen molar-refractivity contribution in [3.8, 4) is 5.75 Å². The van der Waals surface area contributed by atoms with Crippen LogP contribution >= 0.6 is 0 Å². The van der Waals surface area contributed by atoms with Crippen LogP contribution in [0, 0.1) is 6.92 Å². The van der Waals surface area contributed by atoms with Gasteiger partial charge in [0.25, 0.3) is 11.7 Å². The number of aryl methyl sites for hydroxylation is 1. The van der Waals surface area contributed by atoms with Crippen molar-refractivity contribution >= 4 is 17.4 Å². The first-order valence-electron chi connectivity index (χ1n) is 11.8. The van der Waals surface area contributed by atoms with E-state index < -0.39 is 17.7 Å². The fraction of sp³-hybridized carbons (Fsp3) is 0.276. The summed E-state index contributed by atoms with van der Waals surface area (Å²) in [5.41, 5.74) is 4.10. The number of pyridine rings is 1. The van der Waals surface area contributed by atoms with Crippen molar-refractivity contribution in [1.82, 2.24) is 9.88 Å². The molecule has 6 nitrogen and oxygen atoms in total. The molecule has 1 amide bonds. The molecule has 1 N–H and O–H groups in total. The van der Waals surface area contributed by atoms with Gasteiger partial charge in [-0.2, -0.15) is 0 Å². The highest BCUT2D eigenvalue weighted by Gasteiger charge is 2.46. The van der Waals surface area contributed by atoms with Gasteiger partial charge in [0.05, 0.1) is 18.2 Å². The molecule has 0 radical (unpaired) electrons. The highest BCUT2D eigenvalue weighted by atomic mass is 16.5. The maximum atomic E-state index is 13.3. The molecule has 1 saturated heterocycles. The summed E-state index contributed by atoms with van der Waals surface area (Å²) in [6.45, 7) is 8.73. The third-order valence-corrected chi connectivity index (χ3v) is 6.28. The average Bonchev–Trinajstić information content (AvgIpc) is 3.10. The number of benzene rings is 2. The molecular formula is C29H30N2O4. The molecule has 1 aromatic heterocycles. The molecule has 0 aliphatic carbocycles. The first-order chi connectivity index (χ1) is 16.8. The van der Waals surface area contributed by atoms with Crippen molar-refractivity contribution < 1.29 is 19.4 Å². The van der Waals surface area contributed by atoms with Crippen LogP contribution in [0.4, 0.5) is 0 Å². The number of Topliss-reactive ketones (excluding diaryl/α,β-unsaturated/α-hetero) is 1. The summed E-state index contributed by atoms with van der Waals surface area (Å²) in [5, 5.41) is 11.3. The molecule has 2 heterocycles. The van der Waals surface area contributed by atoms with Crippen molar-refractivity contribution in [1.29, 1.82) is 0 Å². The molecule has 1 atom stereocenters. The number of rotatable bonds is 7. The van der Waals surface area contributed by atoms with Gasteiger partial charge in [-0.3, -0.25) is 14.6 Å². The average molecular weight is 471 g/mol. The number of amides is 1. The summed E-state index contributed by atoms with van der Waals surface area (Å²) in [5.74, 6) is -0.479. The molecule has 1 unspecified atom stereocenters. The molecular weight excluding hydrogens is 440 g/mol. The minimum atomic E-state index is -0.719. The van der Waals surface area contributed by atoms with Crippen LogP contribution in [-0.2, 0) is 16.1 Å². The molecule has 2 aromatic carbocycles. The number of nitrogens with zero attached hydrogens (tertiary/aromatic N) is 2. The lowest BCUT2D eigenvalue weighted by Crippen LogP contribution is -2.29. The van der Waals surface area contributed by atoms with E-state index >= 15 is 0 Å². The fourth-order valence-electron chi connectivity index (χ4n) is 4.41. The van der Waals surface area contributed by atoms with E-state index in [1.807, 2.05) is 44.2 Å². The zero-order chi connectivity index (χ0) is 25.1. The Morgan fingerprint density at radius 2 is 1.86 bits per heavy atom. The fourth-order valence-corrected chi connectivity index (χ4v) is 4.41. The number of ketones is 1. The molecule has 4 rings (SSSR count). The second kappa shape index (κ2) is 10.1. The number of hydrogen-bond acceptors (Lipinski definition) is 5. The number of carbonyl (C=O) groups is 2. The highest BCUT2D eigenvalue weighted by molar-refractivity contribution is 6.46. The van der Waals surface area contributed by atoms with Crippen molar-refractivity contribution in [3.63, 3.8) is 0 Å². The first kappa shape index (κ1) is 24.2. The van der Waals surface area contributed by atoms with Gasteiger partial charge in [-0.15, -0.1) is 0 Å². The normalized spacial score (nSPS) is 17.3. The highest BCUT2D eigenvalue weighted by Crippen LogP contribution is 2.41. The first-order valence-corrected chi connectivity index (χ1v) is 11.8. The Balaban J connectivity index is 1.84. The maximum Gasteiger partial charge on any atom is 0.295 e. The molecule has 1 aliphatic heterocycles. The van der Waals surface area contributed by atoms with Crippen LogP contribution in [0.2, 0.25) is 0 Å². The van der Waals surface area contributed by atoms with Crippen LogP contribution in [0.5, 0.6) is 5.75 Å². The van der Waals surface area contributed by atoms with E-state index in [0.717, 1.165) is 22.3 Å². The number of hydrogen-bond donors (Lipinski definition) is 1. The predicted molar refractivity (Wildman–Crippen MR) is 135 cm³/mol. The van der Waals surface area contributed by atoms with Gasteiger partial charge in [0.1, 0.15) is 11.5 Å². The largest absolute Gasteiger partial charge is 0.507 e. The van der Waals surface area contributed by atoms with E-state index in [4.69, 9.17) is 4.74 Å². The predicted octanol–water partition coefficient (Wildman–Crippen LogP) is 5.53.